The van der Waals surface area contributed by atoms with Crippen LogP contribution in [0.4, 0.5) is 0 Å². The molecule has 1 aromatic rings. The first-order valence-electron chi connectivity index (χ1n) is 7.29. The molecule has 2 heterocycles. The summed E-state index contributed by atoms with van der Waals surface area (Å²) in [6, 6.07) is 0. The van der Waals surface area contributed by atoms with Crippen molar-refractivity contribution in [2.75, 3.05) is 26.7 Å². The van der Waals surface area contributed by atoms with Crippen LogP contribution in [-0.2, 0) is 12.0 Å². The van der Waals surface area contributed by atoms with Gasteiger partial charge in [-0.15, -0.1) is 11.3 Å². The lowest BCUT2D eigenvalue weighted by Gasteiger charge is -2.28. The highest BCUT2D eigenvalue weighted by Crippen LogP contribution is 2.26. The van der Waals surface area contributed by atoms with E-state index in [1.807, 2.05) is 17.5 Å². The number of aromatic nitrogens is 1. The van der Waals surface area contributed by atoms with Gasteiger partial charge >= 0.3 is 0 Å². The maximum absolute atomic E-state index is 4.53. The van der Waals surface area contributed by atoms with Gasteiger partial charge in [0, 0.05) is 23.0 Å². The predicted molar refractivity (Wildman–Crippen MR) is 82.7 cm³/mol. The Morgan fingerprint density at radius 3 is 2.63 bits per heavy atom. The summed E-state index contributed by atoms with van der Waals surface area (Å²) in [6.07, 6.45) is 4.70. The number of thiazole rings is 1. The minimum atomic E-state index is 0.177. The molecule has 0 aromatic carbocycles. The molecule has 0 radical (unpaired) electrons. The first-order valence-corrected chi connectivity index (χ1v) is 8.11. The van der Waals surface area contributed by atoms with Gasteiger partial charge in [0.1, 0.15) is 0 Å². The second-order valence-corrected chi connectivity index (χ2v) is 7.87. The number of hydrogen-bond acceptors (Lipinski definition) is 4. The van der Waals surface area contributed by atoms with Crippen LogP contribution in [0.25, 0.3) is 0 Å². The summed E-state index contributed by atoms with van der Waals surface area (Å²) in [5, 5.41) is 4.84. The molecular weight excluding hydrogens is 254 g/mol. The molecule has 0 bridgehead atoms. The second-order valence-electron chi connectivity index (χ2n) is 6.76. The molecule has 1 aliphatic heterocycles. The molecule has 1 N–H and O–H groups in total. The van der Waals surface area contributed by atoms with Crippen LogP contribution < -0.4 is 5.32 Å². The third kappa shape index (κ3) is 4.55. The van der Waals surface area contributed by atoms with E-state index >= 15 is 0 Å². The van der Waals surface area contributed by atoms with Crippen LogP contribution in [0.1, 0.15) is 43.5 Å². The van der Waals surface area contributed by atoms with E-state index in [9.17, 15) is 0 Å². The maximum atomic E-state index is 4.53. The van der Waals surface area contributed by atoms with Gasteiger partial charge in [-0.05, 0) is 45.4 Å². The van der Waals surface area contributed by atoms with Crippen LogP contribution in [-0.4, -0.2) is 36.6 Å². The molecule has 0 aliphatic carbocycles. The predicted octanol–water partition coefficient (Wildman–Crippen LogP) is 2.87. The highest BCUT2D eigenvalue weighted by molar-refractivity contribution is 7.11. The van der Waals surface area contributed by atoms with Gasteiger partial charge in [-0.25, -0.2) is 4.98 Å². The molecule has 1 fully saturated rings. The molecule has 4 heteroatoms. The van der Waals surface area contributed by atoms with Crippen molar-refractivity contribution in [3.8, 4) is 0 Å². The number of hydrogen-bond donors (Lipinski definition) is 1. The molecule has 0 atom stereocenters. The fourth-order valence-corrected chi connectivity index (χ4v) is 3.34. The quantitative estimate of drug-likeness (QED) is 0.920. The highest BCUT2D eigenvalue weighted by atomic mass is 32.1. The van der Waals surface area contributed by atoms with Crippen molar-refractivity contribution < 1.29 is 0 Å². The third-order valence-electron chi connectivity index (χ3n) is 3.77. The van der Waals surface area contributed by atoms with E-state index in [0.717, 1.165) is 19.0 Å². The molecule has 1 aromatic heterocycles. The van der Waals surface area contributed by atoms with Crippen molar-refractivity contribution in [3.05, 3.63) is 16.1 Å². The van der Waals surface area contributed by atoms with Gasteiger partial charge in [0.15, 0.2) is 0 Å². The molecule has 0 unspecified atom stereocenters. The zero-order chi connectivity index (χ0) is 13.9. The Hall–Kier alpha value is -0.450. The standard InChI is InChI=1S/C15H27N3S/c1-15(2,3)14-17-11-13(19-14)10-16-9-12-5-7-18(4)8-6-12/h11-12,16H,5-10H2,1-4H3. The molecule has 1 aliphatic rings. The SMILES string of the molecule is CN1CCC(CNCc2cnc(C(C)(C)C)s2)CC1. The zero-order valence-corrected chi connectivity index (χ0v) is 13.5. The first kappa shape index (κ1) is 14.9. The topological polar surface area (TPSA) is 28.2 Å². The van der Waals surface area contributed by atoms with Crippen molar-refractivity contribution >= 4 is 11.3 Å². The van der Waals surface area contributed by atoms with E-state index in [-0.39, 0.29) is 5.41 Å². The Morgan fingerprint density at radius 1 is 1.37 bits per heavy atom. The van der Waals surface area contributed by atoms with Crippen LogP contribution >= 0.6 is 11.3 Å². The fraction of sp³-hybridized carbons (Fsp3) is 0.800. The van der Waals surface area contributed by atoms with Gasteiger partial charge in [0.05, 0.1) is 5.01 Å². The van der Waals surface area contributed by atoms with E-state index in [4.69, 9.17) is 0 Å². The van der Waals surface area contributed by atoms with Gasteiger partial charge in [0.2, 0.25) is 0 Å². The summed E-state index contributed by atoms with van der Waals surface area (Å²) in [5.74, 6) is 0.853. The molecule has 19 heavy (non-hydrogen) atoms. The Bertz CT molecular complexity index is 386. The monoisotopic (exact) mass is 281 g/mol. The number of rotatable bonds is 4. The van der Waals surface area contributed by atoms with E-state index in [0.29, 0.717) is 0 Å². The van der Waals surface area contributed by atoms with Crippen LogP contribution in [0.3, 0.4) is 0 Å². The summed E-state index contributed by atoms with van der Waals surface area (Å²) in [6.45, 7) is 11.3. The molecule has 108 valence electrons. The van der Waals surface area contributed by atoms with Crippen LogP contribution in [0.5, 0.6) is 0 Å². The highest BCUT2D eigenvalue weighted by Gasteiger charge is 2.18. The molecule has 2 rings (SSSR count). The van der Waals surface area contributed by atoms with E-state index < -0.39 is 0 Å². The van der Waals surface area contributed by atoms with E-state index in [1.165, 1.54) is 35.8 Å². The van der Waals surface area contributed by atoms with Crippen molar-refractivity contribution in [3.63, 3.8) is 0 Å². The maximum Gasteiger partial charge on any atom is 0.0981 e. The summed E-state index contributed by atoms with van der Waals surface area (Å²) in [7, 11) is 2.22. The molecule has 3 nitrogen and oxygen atoms in total. The molecule has 0 spiro atoms. The van der Waals surface area contributed by atoms with E-state index in [1.54, 1.807) is 0 Å². The van der Waals surface area contributed by atoms with Gasteiger partial charge in [0.25, 0.3) is 0 Å². The number of nitrogens with one attached hydrogen (secondary N) is 1. The smallest absolute Gasteiger partial charge is 0.0981 e. The minimum Gasteiger partial charge on any atom is -0.312 e. The van der Waals surface area contributed by atoms with Crippen molar-refractivity contribution in [1.29, 1.82) is 0 Å². The van der Waals surface area contributed by atoms with Crippen LogP contribution in [0.15, 0.2) is 6.20 Å². The zero-order valence-electron chi connectivity index (χ0n) is 12.7. The Morgan fingerprint density at radius 2 is 2.05 bits per heavy atom. The van der Waals surface area contributed by atoms with Crippen molar-refractivity contribution in [1.82, 2.24) is 15.2 Å². The minimum absolute atomic E-state index is 0.177. The largest absolute Gasteiger partial charge is 0.312 e. The fourth-order valence-electron chi connectivity index (χ4n) is 2.40. The second kappa shape index (κ2) is 6.33. The normalized spacial score (nSPS) is 18.9. The Labute approximate surface area is 121 Å². The lowest BCUT2D eigenvalue weighted by atomic mass is 9.97. The van der Waals surface area contributed by atoms with Crippen LogP contribution in [0, 0.1) is 5.92 Å². The van der Waals surface area contributed by atoms with Crippen LogP contribution in [0.2, 0.25) is 0 Å². The first-order chi connectivity index (χ1) is 8.95. The van der Waals surface area contributed by atoms with E-state index in [2.05, 4.69) is 43.0 Å². The average Bonchev–Trinajstić information content (AvgIpc) is 2.80. The Kier molecular flexibility index (Phi) is 4.98. The lowest BCUT2D eigenvalue weighted by molar-refractivity contribution is 0.216. The average molecular weight is 281 g/mol. The number of piperidine rings is 1. The summed E-state index contributed by atoms with van der Waals surface area (Å²) in [4.78, 5) is 8.32. The molecule has 1 saturated heterocycles. The molecule has 0 saturated carbocycles. The van der Waals surface area contributed by atoms with Gasteiger partial charge in [-0.2, -0.15) is 0 Å². The summed E-state index contributed by atoms with van der Waals surface area (Å²) in [5.41, 5.74) is 0.177. The number of nitrogens with zero attached hydrogens (tertiary/aromatic N) is 2. The van der Waals surface area contributed by atoms with Gasteiger partial charge < -0.3 is 10.2 Å². The lowest BCUT2D eigenvalue weighted by Crippen LogP contribution is -2.34. The van der Waals surface area contributed by atoms with Gasteiger partial charge in [-0.1, -0.05) is 20.8 Å². The van der Waals surface area contributed by atoms with Crippen molar-refractivity contribution in [2.24, 2.45) is 5.92 Å². The molecular formula is C15H27N3S. The third-order valence-corrected chi connectivity index (χ3v) is 5.19. The Balaban J connectivity index is 1.72. The summed E-state index contributed by atoms with van der Waals surface area (Å²) >= 11 is 1.84. The summed E-state index contributed by atoms with van der Waals surface area (Å²) < 4.78 is 0. The van der Waals surface area contributed by atoms with Gasteiger partial charge in [-0.3, -0.25) is 0 Å². The number of likely N-dealkylation sites (tertiary alicyclic amines) is 1. The van der Waals surface area contributed by atoms with Crippen molar-refractivity contribution in [2.45, 2.75) is 45.6 Å². The molecule has 0 amide bonds.